The minimum absolute atomic E-state index is 0.102. The number of nitrogens with two attached hydrogens (primary N) is 1. The third-order valence-electron chi connectivity index (χ3n) is 4.08. The predicted octanol–water partition coefficient (Wildman–Crippen LogP) is 3.14. The van der Waals surface area contributed by atoms with Crippen molar-refractivity contribution in [3.05, 3.63) is 34.3 Å². The molecule has 1 fully saturated rings. The van der Waals surface area contributed by atoms with Crippen molar-refractivity contribution in [1.29, 1.82) is 0 Å². The molecule has 0 unspecified atom stereocenters. The van der Waals surface area contributed by atoms with Gasteiger partial charge in [-0.25, -0.2) is 0 Å². The van der Waals surface area contributed by atoms with Crippen LogP contribution in [0.1, 0.15) is 37.2 Å². The number of hydrogen-bond donors (Lipinski definition) is 2. The third kappa shape index (κ3) is 2.31. The van der Waals surface area contributed by atoms with Gasteiger partial charge < -0.3 is 10.8 Å². The molecule has 0 spiro atoms. The maximum absolute atomic E-state index is 11.7. The lowest BCUT2D eigenvalue weighted by molar-refractivity contribution is -0.150. The summed E-state index contributed by atoms with van der Waals surface area (Å²) >= 11 is 3.43. The summed E-state index contributed by atoms with van der Waals surface area (Å²) in [4.78, 5) is 11.7. The Bertz CT molecular complexity index is 441. The second kappa shape index (κ2) is 5.41. The average molecular weight is 312 g/mol. The molecule has 0 radical (unpaired) electrons. The van der Waals surface area contributed by atoms with Crippen molar-refractivity contribution in [2.75, 3.05) is 6.54 Å². The smallest absolute Gasteiger partial charge is 0.310 e. The van der Waals surface area contributed by atoms with Crippen molar-refractivity contribution in [3.8, 4) is 0 Å². The summed E-state index contributed by atoms with van der Waals surface area (Å²) in [7, 11) is 0. The molecule has 3 N–H and O–H groups in total. The van der Waals surface area contributed by atoms with Crippen LogP contribution in [0.5, 0.6) is 0 Å². The molecule has 98 valence electrons. The van der Waals surface area contributed by atoms with Crippen LogP contribution < -0.4 is 5.73 Å². The van der Waals surface area contributed by atoms with Gasteiger partial charge in [-0.05, 0) is 30.5 Å². The Morgan fingerprint density at radius 1 is 1.44 bits per heavy atom. The van der Waals surface area contributed by atoms with Gasteiger partial charge in [0.05, 0.1) is 5.41 Å². The first-order valence-corrected chi connectivity index (χ1v) is 7.08. The molecule has 3 nitrogen and oxygen atoms in total. The maximum atomic E-state index is 11.7. The Labute approximate surface area is 116 Å². The van der Waals surface area contributed by atoms with Crippen LogP contribution in [-0.4, -0.2) is 17.6 Å². The van der Waals surface area contributed by atoms with E-state index in [1.54, 1.807) is 0 Å². The van der Waals surface area contributed by atoms with Gasteiger partial charge in [0.15, 0.2) is 0 Å². The summed E-state index contributed by atoms with van der Waals surface area (Å²) in [5.74, 6) is -0.801. The first-order valence-electron chi connectivity index (χ1n) is 6.29. The second-order valence-electron chi connectivity index (χ2n) is 5.01. The molecule has 0 saturated heterocycles. The van der Waals surface area contributed by atoms with Crippen LogP contribution in [0.3, 0.4) is 0 Å². The van der Waals surface area contributed by atoms with E-state index in [2.05, 4.69) is 15.9 Å². The number of halogens is 1. The Balaban J connectivity index is 2.40. The van der Waals surface area contributed by atoms with Crippen LogP contribution >= 0.6 is 15.9 Å². The van der Waals surface area contributed by atoms with Crippen molar-refractivity contribution in [3.63, 3.8) is 0 Å². The van der Waals surface area contributed by atoms with E-state index >= 15 is 0 Å². The van der Waals surface area contributed by atoms with Gasteiger partial charge in [-0.15, -0.1) is 0 Å². The fourth-order valence-electron chi connectivity index (χ4n) is 3.12. The number of aliphatic carboxylic acids is 1. The van der Waals surface area contributed by atoms with E-state index in [-0.39, 0.29) is 5.92 Å². The minimum Gasteiger partial charge on any atom is -0.481 e. The monoisotopic (exact) mass is 311 g/mol. The Kier molecular flexibility index (Phi) is 4.07. The van der Waals surface area contributed by atoms with Crippen LogP contribution in [0.25, 0.3) is 0 Å². The van der Waals surface area contributed by atoms with Crippen molar-refractivity contribution >= 4 is 21.9 Å². The lowest BCUT2D eigenvalue weighted by Crippen LogP contribution is -2.38. The summed E-state index contributed by atoms with van der Waals surface area (Å²) in [6.45, 7) is 0.378. The van der Waals surface area contributed by atoms with E-state index in [4.69, 9.17) is 5.73 Å². The van der Waals surface area contributed by atoms with Gasteiger partial charge in [-0.3, -0.25) is 4.79 Å². The van der Waals surface area contributed by atoms with Gasteiger partial charge >= 0.3 is 5.97 Å². The first kappa shape index (κ1) is 13.6. The van der Waals surface area contributed by atoms with E-state index < -0.39 is 11.4 Å². The van der Waals surface area contributed by atoms with E-state index in [9.17, 15) is 9.90 Å². The van der Waals surface area contributed by atoms with Crippen molar-refractivity contribution < 1.29 is 9.90 Å². The standard InChI is InChI=1S/C14H18BrNO2/c15-11-5-3-4-10(8-11)12(9-16)14(13(17)18)6-1-2-7-14/h3-5,8,12H,1-2,6-7,9,16H2,(H,17,18)/t12-/m0/s1. The Morgan fingerprint density at radius 2 is 2.11 bits per heavy atom. The molecule has 18 heavy (non-hydrogen) atoms. The molecule has 0 amide bonds. The largest absolute Gasteiger partial charge is 0.481 e. The van der Waals surface area contributed by atoms with Crippen molar-refractivity contribution in [2.45, 2.75) is 31.6 Å². The zero-order valence-corrected chi connectivity index (χ0v) is 11.8. The van der Waals surface area contributed by atoms with E-state index in [1.165, 1.54) is 0 Å². The maximum Gasteiger partial charge on any atom is 0.310 e. The molecule has 1 aliphatic rings. The molecular formula is C14H18BrNO2. The number of carboxylic acid groups (broad SMARTS) is 1. The molecule has 4 heteroatoms. The summed E-state index contributed by atoms with van der Waals surface area (Å²) in [6.07, 6.45) is 3.43. The molecule has 1 atom stereocenters. The van der Waals surface area contributed by atoms with Gasteiger partial charge in [0.1, 0.15) is 0 Å². The molecule has 1 aliphatic carbocycles. The zero-order valence-electron chi connectivity index (χ0n) is 10.2. The number of rotatable bonds is 4. The van der Waals surface area contributed by atoms with Gasteiger partial charge in [0.2, 0.25) is 0 Å². The highest BCUT2D eigenvalue weighted by Crippen LogP contribution is 2.48. The minimum atomic E-state index is -0.699. The first-order chi connectivity index (χ1) is 8.60. The molecule has 1 aromatic rings. The van der Waals surface area contributed by atoms with Crippen LogP contribution in [0.15, 0.2) is 28.7 Å². The molecule has 0 heterocycles. The lowest BCUT2D eigenvalue weighted by atomic mass is 9.70. The predicted molar refractivity (Wildman–Crippen MR) is 74.5 cm³/mol. The van der Waals surface area contributed by atoms with Crippen LogP contribution in [-0.2, 0) is 4.79 Å². The summed E-state index contributed by atoms with van der Waals surface area (Å²) in [6, 6.07) is 7.84. The van der Waals surface area contributed by atoms with Gasteiger partial charge in [0, 0.05) is 16.9 Å². The van der Waals surface area contributed by atoms with Gasteiger partial charge in [-0.1, -0.05) is 40.9 Å². The van der Waals surface area contributed by atoms with E-state index in [1.807, 2.05) is 24.3 Å². The Morgan fingerprint density at radius 3 is 2.61 bits per heavy atom. The molecule has 0 aromatic heterocycles. The summed E-state index contributed by atoms with van der Waals surface area (Å²) in [5, 5.41) is 9.63. The van der Waals surface area contributed by atoms with Gasteiger partial charge in [0.25, 0.3) is 0 Å². The van der Waals surface area contributed by atoms with Gasteiger partial charge in [-0.2, -0.15) is 0 Å². The average Bonchev–Trinajstić information content (AvgIpc) is 2.81. The molecule has 1 aromatic carbocycles. The summed E-state index contributed by atoms with van der Waals surface area (Å²) < 4.78 is 0.969. The topological polar surface area (TPSA) is 63.3 Å². The molecule has 2 rings (SSSR count). The van der Waals surface area contributed by atoms with Crippen LogP contribution in [0, 0.1) is 5.41 Å². The highest BCUT2D eigenvalue weighted by atomic mass is 79.9. The second-order valence-corrected chi connectivity index (χ2v) is 5.93. The fourth-order valence-corrected chi connectivity index (χ4v) is 3.54. The molecular weight excluding hydrogens is 294 g/mol. The normalized spacial score (nSPS) is 19.7. The number of benzene rings is 1. The quantitative estimate of drug-likeness (QED) is 0.898. The number of carbonyl (C=O) groups is 1. The Hall–Kier alpha value is -0.870. The zero-order chi connectivity index (χ0) is 13.2. The molecule has 1 saturated carbocycles. The van der Waals surface area contributed by atoms with Crippen LogP contribution in [0.2, 0.25) is 0 Å². The number of hydrogen-bond acceptors (Lipinski definition) is 2. The highest BCUT2D eigenvalue weighted by Gasteiger charge is 2.47. The van der Waals surface area contributed by atoms with Crippen molar-refractivity contribution in [1.82, 2.24) is 0 Å². The summed E-state index contributed by atoms with van der Waals surface area (Å²) in [5.41, 5.74) is 6.23. The SMILES string of the molecule is NC[C@@H](c1cccc(Br)c1)C1(C(=O)O)CCCC1. The third-order valence-corrected chi connectivity index (χ3v) is 4.57. The van der Waals surface area contributed by atoms with Crippen molar-refractivity contribution in [2.24, 2.45) is 11.1 Å². The lowest BCUT2D eigenvalue weighted by Gasteiger charge is -2.33. The molecule has 0 bridgehead atoms. The van der Waals surface area contributed by atoms with E-state index in [0.29, 0.717) is 6.54 Å². The number of carboxylic acids is 1. The molecule has 0 aliphatic heterocycles. The van der Waals surface area contributed by atoms with Crippen LogP contribution in [0.4, 0.5) is 0 Å². The van der Waals surface area contributed by atoms with E-state index in [0.717, 1.165) is 35.7 Å². The fraction of sp³-hybridized carbons (Fsp3) is 0.500. The highest BCUT2D eigenvalue weighted by molar-refractivity contribution is 9.10.